The summed E-state index contributed by atoms with van der Waals surface area (Å²) in [5.74, 6) is 0.284. The molecule has 2 aromatic heterocycles. The second-order valence-corrected chi connectivity index (χ2v) is 8.24. The predicted molar refractivity (Wildman–Crippen MR) is 91.6 cm³/mol. The molecule has 0 aromatic carbocycles. The molecule has 3 rings (SSSR count). The number of imide groups is 1. The summed E-state index contributed by atoms with van der Waals surface area (Å²) in [7, 11) is 0. The van der Waals surface area contributed by atoms with Crippen LogP contribution < -0.4 is 11.1 Å². The molecule has 122 valence electrons. The molecule has 23 heavy (non-hydrogen) atoms. The van der Waals surface area contributed by atoms with Gasteiger partial charge in [0.2, 0.25) is 5.91 Å². The molecule has 0 saturated carbocycles. The van der Waals surface area contributed by atoms with Crippen LogP contribution in [0.5, 0.6) is 0 Å². The van der Waals surface area contributed by atoms with E-state index in [4.69, 9.17) is 5.73 Å². The summed E-state index contributed by atoms with van der Waals surface area (Å²) in [4.78, 5) is 33.8. The van der Waals surface area contributed by atoms with Gasteiger partial charge in [-0.05, 0) is 37.7 Å². The standard InChI is InChI=1S/C15H18N4O2S2/c1-7-3-4-9-10(5-7)23-14-11(9)13(17-6-18-14)22-8(2)12(20)19-15(16)21/h6-8H,3-5H2,1-2H3,(H3,16,19,20,21)/t7-,8-/m1/s1. The third kappa shape index (κ3) is 3.32. The fourth-order valence-electron chi connectivity index (χ4n) is 2.78. The van der Waals surface area contributed by atoms with Gasteiger partial charge in [0.05, 0.1) is 5.25 Å². The van der Waals surface area contributed by atoms with E-state index in [0.717, 1.165) is 34.5 Å². The summed E-state index contributed by atoms with van der Waals surface area (Å²) in [6, 6.07) is -0.836. The smallest absolute Gasteiger partial charge is 0.318 e. The van der Waals surface area contributed by atoms with E-state index >= 15 is 0 Å². The van der Waals surface area contributed by atoms with Crippen molar-refractivity contribution in [1.29, 1.82) is 0 Å². The van der Waals surface area contributed by atoms with E-state index in [1.54, 1.807) is 18.3 Å². The molecule has 1 aliphatic rings. The van der Waals surface area contributed by atoms with Gasteiger partial charge in [-0.15, -0.1) is 11.3 Å². The highest BCUT2D eigenvalue weighted by Gasteiger charge is 2.25. The number of primary amides is 1. The first-order valence-corrected chi connectivity index (χ1v) is 9.17. The number of urea groups is 1. The first-order chi connectivity index (χ1) is 11.0. The molecule has 3 N–H and O–H groups in total. The zero-order valence-electron chi connectivity index (χ0n) is 13.0. The number of aromatic nitrogens is 2. The maximum atomic E-state index is 11.9. The lowest BCUT2D eigenvalue weighted by Crippen LogP contribution is -2.39. The normalized spacial score (nSPS) is 18.4. The van der Waals surface area contributed by atoms with Crippen LogP contribution in [0.15, 0.2) is 11.4 Å². The molecule has 0 bridgehead atoms. The largest absolute Gasteiger partial charge is 0.351 e. The number of fused-ring (bicyclic) bond motifs is 3. The maximum Gasteiger partial charge on any atom is 0.318 e. The Labute approximate surface area is 142 Å². The Bertz CT molecular complexity index is 774. The van der Waals surface area contributed by atoms with Gasteiger partial charge in [-0.3, -0.25) is 10.1 Å². The number of carbonyl (C=O) groups is 2. The van der Waals surface area contributed by atoms with E-state index in [9.17, 15) is 9.59 Å². The number of aryl methyl sites for hydroxylation is 1. The van der Waals surface area contributed by atoms with Crippen LogP contribution in [0.2, 0.25) is 0 Å². The molecule has 0 spiro atoms. The molecule has 0 fully saturated rings. The number of nitrogens with two attached hydrogens (primary N) is 1. The van der Waals surface area contributed by atoms with Gasteiger partial charge in [0.25, 0.3) is 0 Å². The van der Waals surface area contributed by atoms with E-state index in [-0.39, 0.29) is 0 Å². The predicted octanol–water partition coefficient (Wildman–Crippen LogP) is 2.49. The highest BCUT2D eigenvalue weighted by molar-refractivity contribution is 8.00. The monoisotopic (exact) mass is 350 g/mol. The van der Waals surface area contributed by atoms with Crippen molar-refractivity contribution in [3.05, 3.63) is 16.8 Å². The van der Waals surface area contributed by atoms with Gasteiger partial charge in [-0.25, -0.2) is 14.8 Å². The number of thioether (sulfide) groups is 1. The summed E-state index contributed by atoms with van der Waals surface area (Å²) in [6.07, 6.45) is 4.81. The average molecular weight is 350 g/mol. The number of rotatable bonds is 3. The Balaban J connectivity index is 1.92. The van der Waals surface area contributed by atoms with Crippen LogP contribution in [0.1, 0.15) is 30.7 Å². The molecule has 0 unspecified atom stereocenters. The molecule has 2 atom stereocenters. The highest BCUT2D eigenvalue weighted by Crippen LogP contribution is 2.41. The minimum atomic E-state index is -0.836. The van der Waals surface area contributed by atoms with Crippen molar-refractivity contribution in [3.8, 4) is 0 Å². The van der Waals surface area contributed by atoms with E-state index in [0.29, 0.717) is 5.92 Å². The van der Waals surface area contributed by atoms with Crippen molar-refractivity contribution in [2.75, 3.05) is 0 Å². The number of hydrogen-bond donors (Lipinski definition) is 2. The van der Waals surface area contributed by atoms with Crippen LogP contribution in [0, 0.1) is 5.92 Å². The van der Waals surface area contributed by atoms with E-state index in [1.807, 2.05) is 0 Å². The second-order valence-electron chi connectivity index (χ2n) is 5.82. The lowest BCUT2D eigenvalue weighted by Gasteiger charge is -2.18. The van der Waals surface area contributed by atoms with E-state index in [2.05, 4.69) is 22.2 Å². The van der Waals surface area contributed by atoms with Gasteiger partial charge in [0.15, 0.2) is 0 Å². The van der Waals surface area contributed by atoms with Crippen molar-refractivity contribution in [3.63, 3.8) is 0 Å². The molecule has 3 amide bonds. The number of amides is 3. The molecule has 0 saturated heterocycles. The number of hydrogen-bond acceptors (Lipinski definition) is 6. The van der Waals surface area contributed by atoms with Gasteiger partial charge in [0.1, 0.15) is 16.2 Å². The highest BCUT2D eigenvalue weighted by atomic mass is 32.2. The van der Waals surface area contributed by atoms with Crippen molar-refractivity contribution in [1.82, 2.24) is 15.3 Å². The second kappa shape index (κ2) is 6.45. The summed E-state index contributed by atoms with van der Waals surface area (Å²) in [5, 5.41) is 3.52. The summed E-state index contributed by atoms with van der Waals surface area (Å²) in [5.41, 5.74) is 6.33. The van der Waals surface area contributed by atoms with E-state index in [1.165, 1.54) is 28.5 Å². The summed E-state index contributed by atoms with van der Waals surface area (Å²) in [6.45, 7) is 4.00. The van der Waals surface area contributed by atoms with Gasteiger partial charge in [0, 0.05) is 10.3 Å². The molecule has 2 aromatic rings. The van der Waals surface area contributed by atoms with Crippen LogP contribution in [0.25, 0.3) is 10.2 Å². The molecule has 8 heteroatoms. The SMILES string of the molecule is C[C@@H]1CCc2c(sc3ncnc(S[C@H](C)C(=O)NC(N)=O)c23)C1. The number of thiophene rings is 1. The zero-order valence-corrected chi connectivity index (χ0v) is 14.6. The van der Waals surface area contributed by atoms with E-state index < -0.39 is 17.2 Å². The minimum absolute atomic E-state index is 0.410. The van der Waals surface area contributed by atoms with Crippen molar-refractivity contribution >= 4 is 45.3 Å². The molecular weight excluding hydrogens is 332 g/mol. The zero-order chi connectivity index (χ0) is 16.6. The Hall–Kier alpha value is -1.67. The molecule has 1 aliphatic carbocycles. The first-order valence-electron chi connectivity index (χ1n) is 7.48. The maximum absolute atomic E-state index is 11.9. The molecule has 0 radical (unpaired) electrons. The minimum Gasteiger partial charge on any atom is -0.351 e. The number of nitrogens with zero attached hydrogens (tertiary/aromatic N) is 2. The molecule has 2 heterocycles. The third-order valence-electron chi connectivity index (χ3n) is 3.96. The van der Waals surface area contributed by atoms with Crippen LogP contribution in [0.4, 0.5) is 4.79 Å². The Morgan fingerprint density at radius 1 is 1.48 bits per heavy atom. The summed E-state index contributed by atoms with van der Waals surface area (Å²) >= 11 is 3.06. The van der Waals surface area contributed by atoms with Crippen LogP contribution in [-0.4, -0.2) is 27.2 Å². The lowest BCUT2D eigenvalue weighted by atomic mass is 9.89. The van der Waals surface area contributed by atoms with Crippen molar-refractivity contribution < 1.29 is 9.59 Å². The molecule has 6 nitrogen and oxygen atoms in total. The summed E-state index contributed by atoms with van der Waals surface area (Å²) < 4.78 is 0. The Kier molecular flexibility index (Phi) is 4.54. The number of nitrogens with one attached hydrogen (secondary N) is 1. The van der Waals surface area contributed by atoms with Crippen LogP contribution in [0.3, 0.4) is 0 Å². The van der Waals surface area contributed by atoms with Gasteiger partial charge in [-0.1, -0.05) is 18.7 Å². The third-order valence-corrected chi connectivity index (χ3v) is 6.22. The topological polar surface area (TPSA) is 98.0 Å². The fourth-order valence-corrected chi connectivity index (χ4v) is 5.14. The van der Waals surface area contributed by atoms with Gasteiger partial charge in [-0.2, -0.15) is 0 Å². The van der Waals surface area contributed by atoms with Gasteiger partial charge >= 0.3 is 6.03 Å². The first kappa shape index (κ1) is 16.2. The van der Waals surface area contributed by atoms with Crippen molar-refractivity contribution in [2.24, 2.45) is 11.7 Å². The Morgan fingerprint density at radius 2 is 2.26 bits per heavy atom. The van der Waals surface area contributed by atoms with Crippen molar-refractivity contribution in [2.45, 2.75) is 43.4 Å². The average Bonchev–Trinajstić information content (AvgIpc) is 2.84. The van der Waals surface area contributed by atoms with Crippen LogP contribution in [-0.2, 0) is 17.6 Å². The molecule has 0 aliphatic heterocycles. The Morgan fingerprint density at radius 3 is 3.00 bits per heavy atom. The van der Waals surface area contributed by atoms with Crippen LogP contribution >= 0.6 is 23.1 Å². The molecular formula is C15H18N4O2S2. The number of carbonyl (C=O) groups excluding carboxylic acids is 2. The lowest BCUT2D eigenvalue weighted by molar-refractivity contribution is -0.119. The fraction of sp³-hybridized carbons (Fsp3) is 0.467. The van der Waals surface area contributed by atoms with Gasteiger partial charge < -0.3 is 5.73 Å². The quantitative estimate of drug-likeness (QED) is 0.655.